The molecule has 7 heteroatoms. The number of likely N-dealkylation sites (N-methyl/N-ethyl adjacent to an activating group) is 1. The number of rotatable bonds is 12. The van der Waals surface area contributed by atoms with Crippen molar-refractivity contribution in [2.45, 2.75) is 26.3 Å². The maximum Gasteiger partial charge on any atom is 0.194 e. The molecule has 0 unspecified atom stereocenters. The van der Waals surface area contributed by atoms with E-state index in [-0.39, 0.29) is 0 Å². The predicted octanol–water partition coefficient (Wildman–Crippen LogP) is 2.22. The molecular formula is C23H38N4O3. The van der Waals surface area contributed by atoms with Gasteiger partial charge in [0.15, 0.2) is 5.96 Å². The molecule has 1 saturated heterocycles. The first-order valence-electron chi connectivity index (χ1n) is 11.3. The lowest BCUT2D eigenvalue weighted by Gasteiger charge is -2.26. The van der Waals surface area contributed by atoms with Gasteiger partial charge in [0.25, 0.3) is 0 Å². The highest BCUT2D eigenvalue weighted by atomic mass is 16.5. The van der Waals surface area contributed by atoms with Crippen LogP contribution < -0.4 is 10.1 Å². The molecule has 1 aromatic carbocycles. The van der Waals surface area contributed by atoms with Gasteiger partial charge in [0.05, 0.1) is 26.4 Å². The minimum absolute atomic E-state index is 0.621. The van der Waals surface area contributed by atoms with Crippen molar-refractivity contribution in [3.05, 3.63) is 29.8 Å². The van der Waals surface area contributed by atoms with Crippen molar-refractivity contribution in [3.8, 4) is 5.75 Å². The molecule has 30 heavy (non-hydrogen) atoms. The first-order valence-corrected chi connectivity index (χ1v) is 11.3. The Kier molecular flexibility index (Phi) is 9.73. The topological polar surface area (TPSA) is 58.6 Å². The van der Waals surface area contributed by atoms with E-state index in [1.807, 2.05) is 12.1 Å². The van der Waals surface area contributed by atoms with Crippen molar-refractivity contribution in [1.29, 1.82) is 0 Å². The molecule has 0 amide bonds. The maximum atomic E-state index is 5.97. The van der Waals surface area contributed by atoms with Gasteiger partial charge in [-0.3, -0.25) is 4.90 Å². The van der Waals surface area contributed by atoms with Crippen molar-refractivity contribution in [1.82, 2.24) is 15.1 Å². The highest BCUT2D eigenvalue weighted by Gasteiger charge is 2.21. The Morgan fingerprint density at radius 3 is 2.87 bits per heavy atom. The second-order valence-corrected chi connectivity index (χ2v) is 8.06. The summed E-state index contributed by atoms with van der Waals surface area (Å²) in [4.78, 5) is 9.32. The molecule has 168 valence electrons. The Bertz CT molecular complexity index is 645. The fraction of sp³-hybridized carbons (Fsp3) is 0.696. The van der Waals surface area contributed by atoms with Gasteiger partial charge in [-0.2, -0.15) is 0 Å². The highest BCUT2D eigenvalue weighted by molar-refractivity contribution is 5.79. The molecule has 1 aliphatic carbocycles. The Balaban J connectivity index is 1.43. The lowest BCUT2D eigenvalue weighted by atomic mass is 10.2. The van der Waals surface area contributed by atoms with E-state index in [1.54, 1.807) is 0 Å². The van der Waals surface area contributed by atoms with Crippen LogP contribution in [0.3, 0.4) is 0 Å². The summed E-state index contributed by atoms with van der Waals surface area (Å²) in [5, 5.41) is 3.37. The summed E-state index contributed by atoms with van der Waals surface area (Å²) in [6.45, 7) is 11.3. The van der Waals surface area contributed by atoms with Gasteiger partial charge >= 0.3 is 0 Å². The summed E-state index contributed by atoms with van der Waals surface area (Å²) in [5.74, 6) is 2.62. The minimum atomic E-state index is 0.621. The second-order valence-electron chi connectivity index (χ2n) is 8.06. The van der Waals surface area contributed by atoms with Gasteiger partial charge in [-0.1, -0.05) is 12.1 Å². The van der Waals surface area contributed by atoms with Crippen LogP contribution in [0.25, 0.3) is 0 Å². The van der Waals surface area contributed by atoms with E-state index in [9.17, 15) is 0 Å². The normalized spacial score (nSPS) is 17.7. The third kappa shape index (κ3) is 8.50. The van der Waals surface area contributed by atoms with E-state index in [1.165, 1.54) is 12.8 Å². The van der Waals surface area contributed by atoms with E-state index in [0.29, 0.717) is 13.2 Å². The number of nitrogens with zero attached hydrogens (tertiary/aromatic N) is 3. The lowest BCUT2D eigenvalue weighted by Crippen LogP contribution is -2.40. The van der Waals surface area contributed by atoms with Gasteiger partial charge in [-0.25, -0.2) is 4.99 Å². The van der Waals surface area contributed by atoms with Crippen molar-refractivity contribution < 1.29 is 14.2 Å². The number of ether oxygens (including phenoxy) is 3. The molecule has 1 aromatic rings. The first-order chi connectivity index (χ1) is 14.7. The molecule has 1 saturated carbocycles. The summed E-state index contributed by atoms with van der Waals surface area (Å²) >= 11 is 0. The number of aliphatic imine (C=N–C) groups is 1. The molecule has 1 N–H and O–H groups in total. The molecule has 0 radical (unpaired) electrons. The van der Waals surface area contributed by atoms with Gasteiger partial charge in [-0.15, -0.1) is 0 Å². The van der Waals surface area contributed by atoms with Crippen molar-refractivity contribution in [3.63, 3.8) is 0 Å². The van der Waals surface area contributed by atoms with Crippen LogP contribution in [0.1, 0.15) is 25.3 Å². The molecule has 2 aliphatic rings. The Labute approximate surface area is 181 Å². The van der Waals surface area contributed by atoms with E-state index < -0.39 is 0 Å². The fourth-order valence-corrected chi connectivity index (χ4v) is 3.33. The lowest BCUT2D eigenvalue weighted by molar-refractivity contribution is 0.0322. The maximum absolute atomic E-state index is 5.97. The van der Waals surface area contributed by atoms with Gasteiger partial charge in [0.1, 0.15) is 12.4 Å². The zero-order valence-electron chi connectivity index (χ0n) is 18.6. The Hall–Kier alpha value is -1.83. The first kappa shape index (κ1) is 22.8. The quantitative estimate of drug-likeness (QED) is 0.319. The standard InChI is InChI=1S/C23H38N4O3/c1-3-24-23(26(2)9-13-29-19-20-7-8-20)25-18-21-5-4-6-22(17-21)30-16-12-27-10-14-28-15-11-27/h4-6,17,20H,3,7-16,18-19H2,1-2H3,(H,24,25). The molecule has 0 bridgehead atoms. The Morgan fingerprint density at radius 1 is 1.27 bits per heavy atom. The van der Waals surface area contributed by atoms with E-state index in [0.717, 1.165) is 82.3 Å². The number of hydrogen-bond donors (Lipinski definition) is 1. The van der Waals surface area contributed by atoms with Crippen LogP contribution in [-0.2, 0) is 16.0 Å². The third-order valence-corrected chi connectivity index (χ3v) is 5.41. The van der Waals surface area contributed by atoms with Crippen LogP contribution in [0.15, 0.2) is 29.3 Å². The smallest absolute Gasteiger partial charge is 0.194 e. The van der Waals surface area contributed by atoms with Crippen LogP contribution in [-0.4, -0.2) is 88.6 Å². The molecule has 1 heterocycles. The summed E-state index contributed by atoms with van der Waals surface area (Å²) in [7, 11) is 2.06. The number of nitrogens with one attached hydrogen (secondary N) is 1. The fourth-order valence-electron chi connectivity index (χ4n) is 3.33. The molecule has 3 rings (SSSR count). The molecule has 0 aromatic heterocycles. The zero-order valence-corrected chi connectivity index (χ0v) is 18.6. The molecule has 1 aliphatic heterocycles. The third-order valence-electron chi connectivity index (χ3n) is 5.41. The second kappa shape index (κ2) is 12.8. The number of guanidine groups is 1. The van der Waals surface area contributed by atoms with E-state index in [4.69, 9.17) is 19.2 Å². The van der Waals surface area contributed by atoms with Crippen LogP contribution >= 0.6 is 0 Å². The summed E-state index contributed by atoms with van der Waals surface area (Å²) in [5.41, 5.74) is 1.15. The van der Waals surface area contributed by atoms with Gasteiger partial charge < -0.3 is 24.4 Å². The number of benzene rings is 1. The van der Waals surface area contributed by atoms with Gasteiger partial charge in [0, 0.05) is 46.4 Å². The Morgan fingerprint density at radius 2 is 2.10 bits per heavy atom. The van der Waals surface area contributed by atoms with Crippen molar-refractivity contribution in [2.75, 3.05) is 72.8 Å². The van der Waals surface area contributed by atoms with Gasteiger partial charge in [0.2, 0.25) is 0 Å². The average Bonchev–Trinajstić information content (AvgIpc) is 3.60. The zero-order chi connectivity index (χ0) is 21.0. The van der Waals surface area contributed by atoms with Crippen molar-refractivity contribution in [2.24, 2.45) is 10.9 Å². The van der Waals surface area contributed by atoms with E-state index >= 15 is 0 Å². The van der Waals surface area contributed by atoms with Crippen LogP contribution in [0.2, 0.25) is 0 Å². The predicted molar refractivity (Wildman–Crippen MR) is 120 cm³/mol. The summed E-state index contributed by atoms with van der Waals surface area (Å²) in [6.07, 6.45) is 2.66. The molecule has 2 fully saturated rings. The molecular weight excluding hydrogens is 380 g/mol. The van der Waals surface area contributed by atoms with E-state index in [2.05, 4.69) is 41.2 Å². The molecule has 0 spiro atoms. The summed E-state index contributed by atoms with van der Waals surface area (Å²) in [6, 6.07) is 8.24. The van der Waals surface area contributed by atoms with Crippen LogP contribution in [0, 0.1) is 5.92 Å². The monoisotopic (exact) mass is 418 g/mol. The SMILES string of the molecule is CCNC(=NCc1cccc(OCCN2CCOCC2)c1)N(C)CCOCC1CC1. The number of hydrogen-bond acceptors (Lipinski definition) is 5. The largest absolute Gasteiger partial charge is 0.492 e. The summed E-state index contributed by atoms with van der Waals surface area (Å²) < 4.78 is 17.1. The number of morpholine rings is 1. The van der Waals surface area contributed by atoms with Crippen LogP contribution in [0.5, 0.6) is 5.75 Å². The average molecular weight is 419 g/mol. The van der Waals surface area contributed by atoms with Crippen molar-refractivity contribution >= 4 is 5.96 Å². The minimum Gasteiger partial charge on any atom is -0.492 e. The van der Waals surface area contributed by atoms with Crippen LogP contribution in [0.4, 0.5) is 0 Å². The highest BCUT2D eigenvalue weighted by Crippen LogP contribution is 2.28. The molecule has 0 atom stereocenters. The molecule has 7 nitrogen and oxygen atoms in total. The van der Waals surface area contributed by atoms with Gasteiger partial charge in [-0.05, 0) is 43.4 Å².